The molecule has 2 aliphatic heterocycles. The molecule has 0 bridgehead atoms. The molecule has 0 aromatic rings. The Hall–Kier alpha value is -0.850. The van der Waals surface area contributed by atoms with Crippen molar-refractivity contribution in [3.63, 3.8) is 0 Å². The van der Waals surface area contributed by atoms with Crippen LogP contribution in [0.5, 0.6) is 0 Å². The first-order valence-corrected chi connectivity index (χ1v) is 8.89. The molecule has 0 radical (unpaired) electrons. The first-order valence-electron chi connectivity index (χ1n) is 8.89. The fraction of sp³-hybridized carbons (Fsp3) is 0.941. The van der Waals surface area contributed by atoms with Gasteiger partial charge in [0, 0.05) is 51.4 Å². The van der Waals surface area contributed by atoms with Crippen molar-refractivity contribution in [1.82, 2.24) is 20.4 Å². The lowest BCUT2D eigenvalue weighted by Gasteiger charge is -2.33. The molecule has 0 saturated carbocycles. The molecule has 2 fully saturated rings. The summed E-state index contributed by atoms with van der Waals surface area (Å²) in [6.07, 6.45) is -0.203. The van der Waals surface area contributed by atoms with Crippen molar-refractivity contribution in [2.45, 2.75) is 59.2 Å². The summed E-state index contributed by atoms with van der Waals surface area (Å²) in [6, 6.07) is 1.10. The van der Waals surface area contributed by atoms with Gasteiger partial charge in [-0.3, -0.25) is 4.90 Å². The standard InChI is InChI=1S/C10H20N2O2.C7H16N2/c1-8-7-12(6-5-11-8)9(13)14-10(2,3)4;1-3-9-5-4-8-6-7(9)2/h8,11H,5-7H2,1-4H3;7-8H,3-6H2,1-2H3/t8-;7-/m00/s1. The molecule has 2 aliphatic rings. The van der Waals surface area contributed by atoms with Crippen molar-refractivity contribution < 1.29 is 9.53 Å². The fourth-order valence-corrected chi connectivity index (χ4v) is 2.78. The van der Waals surface area contributed by atoms with Crippen LogP contribution >= 0.6 is 0 Å². The van der Waals surface area contributed by atoms with E-state index in [1.54, 1.807) is 4.90 Å². The van der Waals surface area contributed by atoms with Gasteiger partial charge in [-0.15, -0.1) is 0 Å². The predicted molar refractivity (Wildman–Crippen MR) is 94.9 cm³/mol. The highest BCUT2D eigenvalue weighted by Crippen LogP contribution is 2.11. The molecule has 2 saturated heterocycles. The van der Waals surface area contributed by atoms with E-state index in [0.717, 1.165) is 38.8 Å². The first kappa shape index (κ1) is 20.2. The van der Waals surface area contributed by atoms with Crippen LogP contribution in [0.25, 0.3) is 0 Å². The van der Waals surface area contributed by atoms with E-state index in [2.05, 4.69) is 36.3 Å². The van der Waals surface area contributed by atoms with Crippen LogP contribution in [0.1, 0.15) is 41.5 Å². The summed E-state index contributed by atoms with van der Waals surface area (Å²) >= 11 is 0. The van der Waals surface area contributed by atoms with Crippen LogP contribution in [0.2, 0.25) is 0 Å². The molecule has 0 aromatic heterocycles. The second-order valence-corrected chi connectivity index (χ2v) is 7.46. The van der Waals surface area contributed by atoms with Crippen molar-refractivity contribution in [2.24, 2.45) is 0 Å². The lowest BCUT2D eigenvalue weighted by Crippen LogP contribution is -2.52. The van der Waals surface area contributed by atoms with E-state index in [9.17, 15) is 4.79 Å². The Labute approximate surface area is 141 Å². The van der Waals surface area contributed by atoms with Gasteiger partial charge in [0.1, 0.15) is 5.60 Å². The Morgan fingerprint density at radius 3 is 2.39 bits per heavy atom. The number of nitrogens with zero attached hydrogens (tertiary/aromatic N) is 2. The molecule has 0 unspecified atom stereocenters. The third kappa shape index (κ3) is 7.99. The molecule has 0 aliphatic carbocycles. The quantitative estimate of drug-likeness (QED) is 0.764. The van der Waals surface area contributed by atoms with Crippen molar-refractivity contribution >= 4 is 6.09 Å². The fourth-order valence-electron chi connectivity index (χ4n) is 2.78. The molecule has 136 valence electrons. The smallest absolute Gasteiger partial charge is 0.410 e. The van der Waals surface area contributed by atoms with E-state index in [0.29, 0.717) is 6.04 Å². The molecular formula is C17H36N4O2. The Kier molecular flexibility index (Phi) is 8.29. The summed E-state index contributed by atoms with van der Waals surface area (Å²) in [5, 5.41) is 6.64. The van der Waals surface area contributed by atoms with Crippen LogP contribution in [-0.2, 0) is 4.74 Å². The zero-order valence-corrected chi connectivity index (χ0v) is 15.8. The number of ether oxygens (including phenoxy) is 1. The Morgan fingerprint density at radius 1 is 1.22 bits per heavy atom. The molecule has 2 N–H and O–H groups in total. The van der Waals surface area contributed by atoms with Crippen molar-refractivity contribution in [2.75, 3.05) is 45.8 Å². The normalized spacial score (nSPS) is 26.3. The molecule has 2 atom stereocenters. The second-order valence-electron chi connectivity index (χ2n) is 7.46. The van der Waals surface area contributed by atoms with Gasteiger partial charge in [-0.25, -0.2) is 4.79 Å². The van der Waals surface area contributed by atoms with E-state index < -0.39 is 5.60 Å². The molecule has 0 spiro atoms. The minimum absolute atomic E-state index is 0.203. The maximum absolute atomic E-state index is 11.6. The van der Waals surface area contributed by atoms with Crippen LogP contribution in [0.15, 0.2) is 0 Å². The summed E-state index contributed by atoms with van der Waals surface area (Å²) in [6.45, 7) is 19.3. The number of nitrogens with one attached hydrogen (secondary N) is 2. The number of carbonyl (C=O) groups is 1. The molecule has 2 rings (SSSR count). The van der Waals surface area contributed by atoms with Crippen molar-refractivity contribution in [3.8, 4) is 0 Å². The van der Waals surface area contributed by atoms with E-state index >= 15 is 0 Å². The Morgan fingerprint density at radius 2 is 1.91 bits per heavy atom. The predicted octanol–water partition coefficient (Wildman–Crippen LogP) is 1.52. The van der Waals surface area contributed by atoms with Crippen LogP contribution in [-0.4, -0.2) is 79.4 Å². The molecular weight excluding hydrogens is 292 g/mol. The zero-order chi connectivity index (χ0) is 17.5. The Bertz CT molecular complexity index is 357. The highest BCUT2D eigenvalue weighted by molar-refractivity contribution is 5.68. The topological polar surface area (TPSA) is 56.8 Å². The van der Waals surface area contributed by atoms with Gasteiger partial charge >= 0.3 is 6.09 Å². The largest absolute Gasteiger partial charge is 0.444 e. The second kappa shape index (κ2) is 9.45. The molecule has 6 heteroatoms. The van der Waals surface area contributed by atoms with E-state index in [1.807, 2.05) is 20.8 Å². The number of amides is 1. The third-order valence-corrected chi connectivity index (χ3v) is 4.07. The summed E-state index contributed by atoms with van der Waals surface area (Å²) in [7, 11) is 0. The summed E-state index contributed by atoms with van der Waals surface area (Å²) in [4.78, 5) is 15.9. The van der Waals surface area contributed by atoms with E-state index in [4.69, 9.17) is 4.74 Å². The zero-order valence-electron chi connectivity index (χ0n) is 15.8. The first-order chi connectivity index (χ1) is 10.7. The number of likely N-dealkylation sites (N-methyl/N-ethyl adjacent to an activating group) is 1. The van der Waals surface area contributed by atoms with Gasteiger partial charge in [0.25, 0.3) is 0 Å². The number of hydrogen-bond acceptors (Lipinski definition) is 5. The van der Waals surface area contributed by atoms with Gasteiger partial charge in [0.15, 0.2) is 0 Å². The van der Waals surface area contributed by atoms with Crippen LogP contribution in [0, 0.1) is 0 Å². The molecule has 6 nitrogen and oxygen atoms in total. The minimum Gasteiger partial charge on any atom is -0.444 e. The number of carbonyl (C=O) groups excluding carboxylic acids is 1. The maximum atomic E-state index is 11.6. The Balaban J connectivity index is 0.000000253. The number of hydrogen-bond donors (Lipinski definition) is 2. The summed E-state index contributed by atoms with van der Waals surface area (Å²) < 4.78 is 5.28. The average molecular weight is 329 g/mol. The van der Waals surface area contributed by atoms with Gasteiger partial charge in [-0.2, -0.15) is 0 Å². The highest BCUT2D eigenvalue weighted by Gasteiger charge is 2.25. The summed E-state index contributed by atoms with van der Waals surface area (Å²) in [5.74, 6) is 0. The van der Waals surface area contributed by atoms with Crippen molar-refractivity contribution in [1.29, 1.82) is 0 Å². The van der Waals surface area contributed by atoms with Gasteiger partial charge in [-0.1, -0.05) is 6.92 Å². The van der Waals surface area contributed by atoms with E-state index in [-0.39, 0.29) is 6.09 Å². The molecule has 0 aromatic carbocycles. The lowest BCUT2D eigenvalue weighted by molar-refractivity contribution is 0.0201. The van der Waals surface area contributed by atoms with Gasteiger partial charge in [0.2, 0.25) is 0 Å². The van der Waals surface area contributed by atoms with Crippen LogP contribution < -0.4 is 10.6 Å². The minimum atomic E-state index is -0.398. The van der Waals surface area contributed by atoms with Crippen molar-refractivity contribution in [3.05, 3.63) is 0 Å². The van der Waals surface area contributed by atoms with E-state index in [1.165, 1.54) is 13.1 Å². The van der Waals surface area contributed by atoms with Crippen LogP contribution in [0.4, 0.5) is 4.79 Å². The third-order valence-electron chi connectivity index (χ3n) is 4.07. The number of piperazine rings is 2. The monoisotopic (exact) mass is 328 g/mol. The molecule has 1 amide bonds. The van der Waals surface area contributed by atoms with Gasteiger partial charge in [-0.05, 0) is 41.2 Å². The SMILES string of the molecule is CCN1CCNC[C@@H]1C.C[C@H]1CN(C(=O)OC(C)(C)C)CCN1. The van der Waals surface area contributed by atoms with Crippen LogP contribution in [0.3, 0.4) is 0 Å². The highest BCUT2D eigenvalue weighted by atomic mass is 16.6. The maximum Gasteiger partial charge on any atom is 0.410 e. The lowest BCUT2D eigenvalue weighted by atomic mass is 10.2. The average Bonchev–Trinajstić information content (AvgIpc) is 2.47. The van der Waals surface area contributed by atoms with Gasteiger partial charge < -0.3 is 20.3 Å². The number of rotatable bonds is 1. The molecule has 2 heterocycles. The summed E-state index contributed by atoms with van der Waals surface area (Å²) in [5.41, 5.74) is -0.398. The molecule has 23 heavy (non-hydrogen) atoms. The van der Waals surface area contributed by atoms with Gasteiger partial charge in [0.05, 0.1) is 0 Å².